The molecule has 1 amide bonds. The molecule has 0 radical (unpaired) electrons. The Balaban J connectivity index is 1.93. The lowest BCUT2D eigenvalue weighted by molar-refractivity contribution is -0.150. The van der Waals surface area contributed by atoms with Crippen molar-refractivity contribution in [3.63, 3.8) is 0 Å². The molecule has 0 bridgehead atoms. The van der Waals surface area contributed by atoms with Gasteiger partial charge in [0.2, 0.25) is 11.8 Å². The summed E-state index contributed by atoms with van der Waals surface area (Å²) in [6.45, 7) is 3.76. The molecule has 1 unspecified atom stereocenters. The Morgan fingerprint density at radius 1 is 1.44 bits per heavy atom. The maximum absolute atomic E-state index is 12.6. The second kappa shape index (κ2) is 2.93. The van der Waals surface area contributed by atoms with Gasteiger partial charge in [0.05, 0.1) is 6.07 Å². The molecule has 0 aromatic rings. The number of rotatable bonds is 2. The van der Waals surface area contributed by atoms with Gasteiger partial charge in [0.15, 0.2) is 0 Å². The Morgan fingerprint density at radius 3 is 2.25 bits per heavy atom. The first-order valence-electron chi connectivity index (χ1n) is 5.33. The molecule has 16 heavy (non-hydrogen) atoms. The molecule has 2 aliphatic rings. The standard InChI is InChI=1S/C11H14F2N2O/c1-9(2)5-10(9,6-14)15-8(16)7-3-11(12,13)4-7/h7H,3-5H2,1-2H3,(H,15,16). The quantitative estimate of drug-likeness (QED) is 0.784. The Hall–Kier alpha value is -1.18. The minimum atomic E-state index is -2.69. The largest absolute Gasteiger partial charge is 0.337 e. The van der Waals surface area contributed by atoms with E-state index in [1.54, 1.807) is 0 Å². The van der Waals surface area contributed by atoms with Crippen molar-refractivity contribution < 1.29 is 13.6 Å². The Bertz CT molecular complexity index is 378. The van der Waals surface area contributed by atoms with Crippen molar-refractivity contribution in [3.05, 3.63) is 0 Å². The van der Waals surface area contributed by atoms with Crippen molar-refractivity contribution in [2.75, 3.05) is 0 Å². The summed E-state index contributed by atoms with van der Waals surface area (Å²) in [6, 6.07) is 2.08. The van der Waals surface area contributed by atoms with Gasteiger partial charge in [-0.1, -0.05) is 13.8 Å². The highest BCUT2D eigenvalue weighted by Crippen LogP contribution is 2.55. The number of alkyl halides is 2. The van der Waals surface area contributed by atoms with Crippen molar-refractivity contribution in [1.82, 2.24) is 5.32 Å². The minimum absolute atomic E-state index is 0.246. The fourth-order valence-electron chi connectivity index (χ4n) is 2.21. The number of nitrogens with zero attached hydrogens (tertiary/aromatic N) is 1. The van der Waals surface area contributed by atoms with E-state index >= 15 is 0 Å². The fraction of sp³-hybridized carbons (Fsp3) is 0.818. The summed E-state index contributed by atoms with van der Waals surface area (Å²) in [5, 5.41) is 11.6. The smallest absolute Gasteiger partial charge is 0.249 e. The molecular weight excluding hydrogens is 214 g/mol. The number of hydrogen-bond acceptors (Lipinski definition) is 2. The predicted octanol–water partition coefficient (Wildman–Crippen LogP) is 1.84. The zero-order valence-electron chi connectivity index (χ0n) is 9.31. The molecule has 0 aromatic heterocycles. The summed E-state index contributed by atoms with van der Waals surface area (Å²) in [7, 11) is 0. The van der Waals surface area contributed by atoms with Crippen LogP contribution in [0.1, 0.15) is 33.1 Å². The van der Waals surface area contributed by atoms with Crippen molar-refractivity contribution in [1.29, 1.82) is 5.26 Å². The molecule has 88 valence electrons. The lowest BCUT2D eigenvalue weighted by Gasteiger charge is -2.34. The van der Waals surface area contributed by atoms with Crippen molar-refractivity contribution >= 4 is 5.91 Å². The maximum atomic E-state index is 12.6. The monoisotopic (exact) mass is 228 g/mol. The van der Waals surface area contributed by atoms with Crippen LogP contribution in [0.2, 0.25) is 0 Å². The zero-order valence-corrected chi connectivity index (χ0v) is 9.31. The van der Waals surface area contributed by atoms with Gasteiger partial charge >= 0.3 is 0 Å². The maximum Gasteiger partial charge on any atom is 0.249 e. The molecule has 0 aromatic carbocycles. The van der Waals surface area contributed by atoms with E-state index < -0.39 is 23.3 Å². The van der Waals surface area contributed by atoms with E-state index in [0.29, 0.717) is 6.42 Å². The van der Waals surface area contributed by atoms with Crippen molar-refractivity contribution in [2.24, 2.45) is 11.3 Å². The van der Waals surface area contributed by atoms with Crippen molar-refractivity contribution in [3.8, 4) is 6.07 Å². The highest BCUT2D eigenvalue weighted by atomic mass is 19.3. The molecule has 1 atom stereocenters. The number of nitrogens with one attached hydrogen (secondary N) is 1. The van der Waals surface area contributed by atoms with Crippen LogP contribution >= 0.6 is 0 Å². The number of amides is 1. The van der Waals surface area contributed by atoms with E-state index in [9.17, 15) is 13.6 Å². The van der Waals surface area contributed by atoms with Gasteiger partial charge in [0.25, 0.3) is 0 Å². The SMILES string of the molecule is CC1(C)CC1(C#N)NC(=O)C1CC(F)(F)C1. The number of nitriles is 1. The Morgan fingerprint density at radius 2 is 1.94 bits per heavy atom. The number of hydrogen-bond donors (Lipinski definition) is 1. The van der Waals surface area contributed by atoms with E-state index in [2.05, 4.69) is 11.4 Å². The average molecular weight is 228 g/mol. The number of halogens is 2. The van der Waals surface area contributed by atoms with Crippen LogP contribution in [0.4, 0.5) is 8.78 Å². The summed E-state index contributed by atoms with van der Waals surface area (Å²) >= 11 is 0. The highest BCUT2D eigenvalue weighted by molar-refractivity contribution is 5.82. The minimum Gasteiger partial charge on any atom is -0.337 e. The first-order valence-corrected chi connectivity index (χ1v) is 5.33. The molecule has 2 saturated carbocycles. The van der Waals surface area contributed by atoms with Crippen LogP contribution in [-0.4, -0.2) is 17.4 Å². The van der Waals surface area contributed by atoms with Gasteiger partial charge in [-0.15, -0.1) is 0 Å². The van der Waals surface area contributed by atoms with Gasteiger partial charge in [-0.05, 0) is 6.42 Å². The molecular formula is C11H14F2N2O. The Kier molecular flexibility index (Phi) is 2.07. The van der Waals surface area contributed by atoms with Gasteiger partial charge < -0.3 is 5.32 Å². The lowest BCUT2D eigenvalue weighted by Crippen LogP contribution is -2.49. The molecule has 2 aliphatic carbocycles. The van der Waals surface area contributed by atoms with Gasteiger partial charge in [0.1, 0.15) is 5.54 Å². The van der Waals surface area contributed by atoms with Crippen LogP contribution in [0.25, 0.3) is 0 Å². The predicted molar refractivity (Wildman–Crippen MR) is 52.6 cm³/mol. The molecule has 2 fully saturated rings. The summed E-state index contributed by atoms with van der Waals surface area (Å²) in [5.41, 5.74) is -1.08. The topological polar surface area (TPSA) is 52.9 Å². The van der Waals surface area contributed by atoms with Gasteiger partial charge in [0, 0.05) is 24.2 Å². The number of carbonyl (C=O) groups is 1. The molecule has 0 saturated heterocycles. The van der Waals surface area contributed by atoms with E-state index in [-0.39, 0.29) is 18.3 Å². The lowest BCUT2D eigenvalue weighted by atomic mass is 9.80. The zero-order chi connectivity index (χ0) is 12.2. The normalized spacial score (nSPS) is 34.7. The van der Waals surface area contributed by atoms with Crippen LogP contribution in [0.3, 0.4) is 0 Å². The first kappa shape index (κ1) is 11.3. The number of carbonyl (C=O) groups excluding carboxylic acids is 1. The molecule has 0 aliphatic heterocycles. The molecule has 5 heteroatoms. The fourth-order valence-corrected chi connectivity index (χ4v) is 2.21. The van der Waals surface area contributed by atoms with E-state index in [0.717, 1.165) is 0 Å². The van der Waals surface area contributed by atoms with E-state index in [1.807, 2.05) is 13.8 Å². The molecule has 0 spiro atoms. The average Bonchev–Trinajstić information content (AvgIpc) is 2.64. The third-order valence-corrected chi connectivity index (χ3v) is 3.73. The summed E-state index contributed by atoms with van der Waals surface area (Å²) < 4.78 is 25.2. The summed E-state index contributed by atoms with van der Waals surface area (Å²) in [5.74, 6) is -3.73. The second-order valence-electron chi connectivity index (χ2n) is 5.53. The Labute approximate surface area is 92.8 Å². The van der Waals surface area contributed by atoms with E-state index in [1.165, 1.54) is 0 Å². The third-order valence-electron chi connectivity index (χ3n) is 3.73. The van der Waals surface area contributed by atoms with Crippen LogP contribution in [-0.2, 0) is 4.79 Å². The van der Waals surface area contributed by atoms with Gasteiger partial charge in [-0.25, -0.2) is 8.78 Å². The summed E-state index contributed by atoms with van der Waals surface area (Å²) in [4.78, 5) is 11.6. The molecule has 1 N–H and O–H groups in total. The van der Waals surface area contributed by atoms with Crippen LogP contribution in [0, 0.1) is 22.7 Å². The second-order valence-corrected chi connectivity index (χ2v) is 5.53. The van der Waals surface area contributed by atoms with Crippen molar-refractivity contribution in [2.45, 2.75) is 44.6 Å². The van der Waals surface area contributed by atoms with E-state index in [4.69, 9.17) is 5.26 Å². The van der Waals surface area contributed by atoms with Crippen LogP contribution < -0.4 is 5.32 Å². The van der Waals surface area contributed by atoms with Gasteiger partial charge in [-0.2, -0.15) is 5.26 Å². The van der Waals surface area contributed by atoms with Gasteiger partial charge in [-0.3, -0.25) is 4.79 Å². The third kappa shape index (κ3) is 1.57. The first-order chi connectivity index (χ1) is 7.21. The van der Waals surface area contributed by atoms with Crippen LogP contribution in [0.5, 0.6) is 0 Å². The van der Waals surface area contributed by atoms with Crippen LogP contribution in [0.15, 0.2) is 0 Å². The highest BCUT2D eigenvalue weighted by Gasteiger charge is 2.64. The molecule has 0 heterocycles. The summed E-state index contributed by atoms with van der Waals surface area (Å²) in [6.07, 6.45) is -0.188. The molecule has 2 rings (SSSR count). The molecule has 3 nitrogen and oxygen atoms in total.